The first-order valence-corrected chi connectivity index (χ1v) is 5.91. The van der Waals surface area contributed by atoms with Crippen molar-refractivity contribution in [1.82, 2.24) is 4.98 Å². The van der Waals surface area contributed by atoms with E-state index in [0.717, 1.165) is 0 Å². The highest BCUT2D eigenvalue weighted by atomic mass is 16.3. The molecule has 6 nitrogen and oxygen atoms in total. The summed E-state index contributed by atoms with van der Waals surface area (Å²) in [5.74, 6) is -0.618. The van der Waals surface area contributed by atoms with Crippen LogP contribution in [0, 0.1) is 0 Å². The average molecular weight is 274 g/mol. The van der Waals surface area contributed by atoms with E-state index in [0.29, 0.717) is 16.8 Å². The van der Waals surface area contributed by atoms with Crippen LogP contribution < -0.4 is 5.73 Å². The number of rotatable bonds is 4. The number of pyridine rings is 1. The van der Waals surface area contributed by atoms with Gasteiger partial charge in [0.1, 0.15) is 17.5 Å². The van der Waals surface area contributed by atoms with Gasteiger partial charge in [-0.15, -0.1) is 0 Å². The molecule has 104 valence electrons. The minimum Gasteiger partial charge on any atom is -0.508 e. The average Bonchev–Trinajstić information content (AvgIpc) is 2.46. The fourth-order valence-electron chi connectivity index (χ4n) is 1.76. The van der Waals surface area contributed by atoms with Crippen molar-refractivity contribution in [2.45, 2.75) is 6.10 Å². The topological polar surface area (TPSA) is 117 Å². The minimum atomic E-state index is -1.12. The number of aliphatic hydroxyl groups excluding tert-OH is 2. The smallest absolute Gasteiger partial charge is 0.267 e. The van der Waals surface area contributed by atoms with Crippen molar-refractivity contribution in [3.8, 4) is 17.0 Å². The van der Waals surface area contributed by atoms with Gasteiger partial charge in [0.2, 0.25) is 0 Å². The number of aromatic hydroxyl groups is 1. The van der Waals surface area contributed by atoms with Crippen molar-refractivity contribution in [2.75, 3.05) is 6.61 Å². The summed E-state index contributed by atoms with van der Waals surface area (Å²) in [5, 5.41) is 27.9. The predicted molar refractivity (Wildman–Crippen MR) is 71.9 cm³/mol. The van der Waals surface area contributed by atoms with E-state index < -0.39 is 18.6 Å². The highest BCUT2D eigenvalue weighted by molar-refractivity contribution is 5.91. The molecule has 0 radical (unpaired) electrons. The number of primary amides is 1. The Hall–Kier alpha value is -2.44. The molecule has 1 unspecified atom stereocenters. The van der Waals surface area contributed by atoms with Gasteiger partial charge in [0.25, 0.3) is 5.91 Å². The van der Waals surface area contributed by atoms with Crippen molar-refractivity contribution in [3.63, 3.8) is 0 Å². The molecule has 5 N–H and O–H groups in total. The summed E-state index contributed by atoms with van der Waals surface area (Å²) in [6.07, 6.45) is -1.12. The monoisotopic (exact) mass is 274 g/mol. The summed E-state index contributed by atoms with van der Waals surface area (Å²) in [4.78, 5) is 15.4. The summed E-state index contributed by atoms with van der Waals surface area (Å²) in [6.45, 7) is -0.475. The van der Waals surface area contributed by atoms with Gasteiger partial charge in [-0.25, -0.2) is 4.98 Å². The Balaban J connectivity index is 2.54. The van der Waals surface area contributed by atoms with Crippen LogP contribution in [0.15, 0.2) is 36.4 Å². The lowest BCUT2D eigenvalue weighted by Gasteiger charge is -2.11. The van der Waals surface area contributed by atoms with Crippen LogP contribution in [0.2, 0.25) is 0 Å². The Labute approximate surface area is 115 Å². The zero-order valence-electron chi connectivity index (χ0n) is 10.5. The second kappa shape index (κ2) is 5.68. The molecule has 1 heterocycles. The van der Waals surface area contributed by atoms with Crippen molar-refractivity contribution < 1.29 is 20.1 Å². The van der Waals surface area contributed by atoms with Gasteiger partial charge in [0, 0.05) is 5.56 Å². The molecular weight excluding hydrogens is 260 g/mol. The van der Waals surface area contributed by atoms with Crippen LogP contribution in [0.5, 0.6) is 5.75 Å². The Morgan fingerprint density at radius 2 is 1.90 bits per heavy atom. The van der Waals surface area contributed by atoms with E-state index in [1.54, 1.807) is 18.2 Å². The zero-order chi connectivity index (χ0) is 14.7. The van der Waals surface area contributed by atoms with Gasteiger partial charge in [-0.1, -0.05) is 0 Å². The third-order valence-corrected chi connectivity index (χ3v) is 2.82. The van der Waals surface area contributed by atoms with Gasteiger partial charge < -0.3 is 21.1 Å². The first-order chi connectivity index (χ1) is 9.51. The maximum Gasteiger partial charge on any atom is 0.267 e. The molecule has 1 amide bonds. The van der Waals surface area contributed by atoms with E-state index in [1.165, 1.54) is 18.2 Å². The first-order valence-electron chi connectivity index (χ1n) is 5.91. The second-order valence-corrected chi connectivity index (χ2v) is 4.28. The van der Waals surface area contributed by atoms with Crippen LogP contribution in [0.25, 0.3) is 11.3 Å². The number of carbonyl (C=O) groups excluding carboxylic acids is 1. The van der Waals surface area contributed by atoms with E-state index in [2.05, 4.69) is 4.98 Å². The number of nitrogens with two attached hydrogens (primary N) is 1. The third-order valence-electron chi connectivity index (χ3n) is 2.82. The fourth-order valence-corrected chi connectivity index (χ4v) is 1.76. The summed E-state index contributed by atoms with van der Waals surface area (Å²) in [7, 11) is 0. The number of benzene rings is 1. The van der Waals surface area contributed by atoms with Gasteiger partial charge >= 0.3 is 0 Å². The van der Waals surface area contributed by atoms with E-state index in [9.17, 15) is 15.0 Å². The van der Waals surface area contributed by atoms with Crippen LogP contribution in [0.3, 0.4) is 0 Å². The number of phenolic OH excluding ortho intramolecular Hbond substituents is 1. The molecule has 0 aliphatic rings. The Kier molecular flexibility index (Phi) is 3.97. The molecule has 0 saturated carbocycles. The second-order valence-electron chi connectivity index (χ2n) is 4.28. The molecular formula is C14H14N2O4. The molecule has 0 aliphatic heterocycles. The molecule has 1 aromatic heterocycles. The molecule has 0 fully saturated rings. The van der Waals surface area contributed by atoms with Crippen LogP contribution in [-0.2, 0) is 0 Å². The number of aromatic nitrogens is 1. The summed E-state index contributed by atoms with van der Waals surface area (Å²) >= 11 is 0. The van der Waals surface area contributed by atoms with Crippen LogP contribution in [0.4, 0.5) is 0 Å². The van der Waals surface area contributed by atoms with E-state index >= 15 is 0 Å². The maximum absolute atomic E-state index is 11.3. The zero-order valence-corrected chi connectivity index (χ0v) is 10.5. The van der Waals surface area contributed by atoms with Gasteiger partial charge in [-0.2, -0.15) is 0 Å². The lowest BCUT2D eigenvalue weighted by molar-refractivity contribution is 0.0948. The van der Waals surface area contributed by atoms with Gasteiger partial charge in [-0.3, -0.25) is 4.79 Å². The number of phenols is 1. The molecule has 2 aromatic rings. The van der Waals surface area contributed by atoms with Gasteiger partial charge in [-0.05, 0) is 42.0 Å². The Bertz CT molecular complexity index is 626. The quantitative estimate of drug-likeness (QED) is 0.650. The molecule has 1 atom stereocenters. The molecule has 0 spiro atoms. The van der Waals surface area contributed by atoms with E-state index in [-0.39, 0.29) is 11.4 Å². The van der Waals surface area contributed by atoms with E-state index in [4.69, 9.17) is 10.8 Å². The van der Waals surface area contributed by atoms with Crippen LogP contribution >= 0.6 is 0 Å². The third kappa shape index (κ3) is 2.93. The molecule has 6 heteroatoms. The van der Waals surface area contributed by atoms with Crippen molar-refractivity contribution in [1.29, 1.82) is 0 Å². The summed E-state index contributed by atoms with van der Waals surface area (Å²) < 4.78 is 0. The van der Waals surface area contributed by atoms with Gasteiger partial charge in [0.15, 0.2) is 0 Å². The molecule has 20 heavy (non-hydrogen) atoms. The van der Waals surface area contributed by atoms with Crippen molar-refractivity contribution in [3.05, 3.63) is 47.7 Å². The normalized spacial score (nSPS) is 12.1. The van der Waals surface area contributed by atoms with E-state index in [1.807, 2.05) is 0 Å². The number of aliphatic hydroxyl groups is 2. The number of amides is 1. The Morgan fingerprint density at radius 3 is 2.45 bits per heavy atom. The summed E-state index contributed by atoms with van der Waals surface area (Å²) in [6, 6.07) is 9.11. The molecule has 1 aromatic carbocycles. The highest BCUT2D eigenvalue weighted by Gasteiger charge is 2.13. The summed E-state index contributed by atoms with van der Waals surface area (Å²) in [5.41, 5.74) is 6.63. The molecule has 0 bridgehead atoms. The lowest BCUT2D eigenvalue weighted by atomic mass is 10.0. The standard InChI is InChI=1S/C14H14N2O4/c15-14(20)12-6-9(13(19)7-17)5-11(16-12)8-1-3-10(18)4-2-8/h1-6,13,17-19H,7H2,(H2,15,20). The fraction of sp³-hybridized carbons (Fsp3) is 0.143. The van der Waals surface area contributed by atoms with Gasteiger partial charge in [0.05, 0.1) is 12.3 Å². The van der Waals surface area contributed by atoms with Crippen molar-refractivity contribution >= 4 is 5.91 Å². The predicted octanol–water partition coefficient (Wildman–Crippen LogP) is 0.579. The number of hydrogen-bond acceptors (Lipinski definition) is 5. The number of nitrogens with zero attached hydrogens (tertiary/aromatic N) is 1. The lowest BCUT2D eigenvalue weighted by Crippen LogP contribution is -2.15. The molecule has 2 rings (SSSR count). The molecule has 0 saturated heterocycles. The first kappa shape index (κ1) is 14.0. The highest BCUT2D eigenvalue weighted by Crippen LogP contribution is 2.24. The SMILES string of the molecule is NC(=O)c1cc(C(O)CO)cc(-c2ccc(O)cc2)n1. The maximum atomic E-state index is 11.3. The minimum absolute atomic E-state index is 0.00178. The number of carbonyl (C=O) groups is 1. The Morgan fingerprint density at radius 1 is 1.25 bits per heavy atom. The van der Waals surface area contributed by atoms with Crippen LogP contribution in [0.1, 0.15) is 22.2 Å². The molecule has 0 aliphatic carbocycles. The van der Waals surface area contributed by atoms with Crippen LogP contribution in [-0.4, -0.2) is 32.8 Å². The largest absolute Gasteiger partial charge is 0.508 e. The number of hydrogen-bond donors (Lipinski definition) is 4. The van der Waals surface area contributed by atoms with Crippen molar-refractivity contribution in [2.24, 2.45) is 5.73 Å².